The Balaban J connectivity index is 1.34. The zero-order valence-electron chi connectivity index (χ0n) is 16.8. The standard InChI is InChI=1S/C21H23N7O2/c1-30-13-12-27-15-22-18-14-16(5-6-17(18)20(27)29)25-8-10-26(11-9-25)21-24-23-19-4-2-3-7-28(19)21/h2-7,14-15H,8-13H2,1H3. The molecule has 0 radical (unpaired) electrons. The first kappa shape index (κ1) is 18.6. The second kappa shape index (κ2) is 7.75. The average Bonchev–Trinajstić information content (AvgIpc) is 3.23. The van der Waals surface area contributed by atoms with Crippen LogP contribution >= 0.6 is 0 Å². The summed E-state index contributed by atoms with van der Waals surface area (Å²) in [5.74, 6) is 0.877. The van der Waals surface area contributed by atoms with Crippen LogP contribution in [0.1, 0.15) is 0 Å². The molecule has 0 unspecified atom stereocenters. The molecule has 4 aromatic rings. The van der Waals surface area contributed by atoms with Crippen LogP contribution in [-0.2, 0) is 11.3 Å². The summed E-state index contributed by atoms with van der Waals surface area (Å²) in [5.41, 5.74) is 2.62. The van der Waals surface area contributed by atoms with Crippen molar-refractivity contribution in [3.05, 3.63) is 59.3 Å². The predicted octanol–water partition coefficient (Wildman–Crippen LogP) is 1.41. The lowest BCUT2D eigenvalue weighted by atomic mass is 10.2. The number of benzene rings is 1. The molecule has 0 amide bonds. The largest absolute Gasteiger partial charge is 0.383 e. The van der Waals surface area contributed by atoms with E-state index in [4.69, 9.17) is 4.74 Å². The Morgan fingerprint density at radius 3 is 2.70 bits per heavy atom. The van der Waals surface area contributed by atoms with Gasteiger partial charge >= 0.3 is 0 Å². The van der Waals surface area contributed by atoms with E-state index in [0.717, 1.165) is 49.0 Å². The third-order valence-electron chi connectivity index (χ3n) is 5.57. The fourth-order valence-corrected chi connectivity index (χ4v) is 3.90. The van der Waals surface area contributed by atoms with Crippen molar-refractivity contribution < 1.29 is 4.74 Å². The molecule has 3 aromatic heterocycles. The summed E-state index contributed by atoms with van der Waals surface area (Å²) in [6, 6.07) is 11.8. The number of anilines is 2. The maximum atomic E-state index is 12.6. The zero-order valence-corrected chi connectivity index (χ0v) is 16.8. The molecule has 0 atom stereocenters. The minimum atomic E-state index is -0.0351. The molecule has 9 nitrogen and oxygen atoms in total. The Labute approximate surface area is 173 Å². The highest BCUT2D eigenvalue weighted by Crippen LogP contribution is 2.22. The molecule has 9 heteroatoms. The summed E-state index contributed by atoms with van der Waals surface area (Å²) in [6.45, 7) is 4.39. The quantitative estimate of drug-likeness (QED) is 0.497. The molecular formula is C21H23N7O2. The normalized spacial score (nSPS) is 14.7. The van der Waals surface area contributed by atoms with E-state index < -0.39 is 0 Å². The third kappa shape index (κ3) is 3.26. The van der Waals surface area contributed by atoms with Crippen LogP contribution in [0.5, 0.6) is 0 Å². The first-order valence-electron chi connectivity index (χ1n) is 10.0. The number of aromatic nitrogens is 5. The molecule has 0 spiro atoms. The maximum absolute atomic E-state index is 12.6. The van der Waals surface area contributed by atoms with Gasteiger partial charge in [-0.05, 0) is 30.3 Å². The number of hydrogen-bond acceptors (Lipinski definition) is 7. The highest BCUT2D eigenvalue weighted by molar-refractivity contribution is 5.81. The average molecular weight is 405 g/mol. The van der Waals surface area contributed by atoms with Crippen molar-refractivity contribution in [2.75, 3.05) is 49.7 Å². The summed E-state index contributed by atoms with van der Waals surface area (Å²) >= 11 is 0. The number of fused-ring (bicyclic) bond motifs is 2. The minimum absolute atomic E-state index is 0.0351. The summed E-state index contributed by atoms with van der Waals surface area (Å²) < 4.78 is 8.67. The number of piperazine rings is 1. The van der Waals surface area contributed by atoms with Gasteiger partial charge in [0, 0.05) is 45.2 Å². The first-order chi connectivity index (χ1) is 14.7. The van der Waals surface area contributed by atoms with E-state index in [1.807, 2.05) is 47.0 Å². The van der Waals surface area contributed by atoms with Crippen LogP contribution in [0.4, 0.5) is 11.6 Å². The highest BCUT2D eigenvalue weighted by atomic mass is 16.5. The number of pyridine rings is 1. The van der Waals surface area contributed by atoms with Crippen molar-refractivity contribution in [2.24, 2.45) is 0 Å². The molecule has 1 aliphatic heterocycles. The molecule has 1 aliphatic rings. The van der Waals surface area contributed by atoms with Crippen LogP contribution in [0.25, 0.3) is 16.6 Å². The van der Waals surface area contributed by atoms with Gasteiger partial charge in [-0.25, -0.2) is 4.98 Å². The fourth-order valence-electron chi connectivity index (χ4n) is 3.90. The Hall–Kier alpha value is -3.46. The van der Waals surface area contributed by atoms with E-state index >= 15 is 0 Å². The van der Waals surface area contributed by atoms with Crippen molar-refractivity contribution >= 4 is 28.2 Å². The molecule has 1 fully saturated rings. The third-order valence-corrected chi connectivity index (χ3v) is 5.57. The second-order valence-corrected chi connectivity index (χ2v) is 7.34. The summed E-state index contributed by atoms with van der Waals surface area (Å²) in [5, 5.41) is 9.24. The van der Waals surface area contributed by atoms with Crippen LogP contribution in [0, 0.1) is 0 Å². The van der Waals surface area contributed by atoms with Gasteiger partial charge in [-0.1, -0.05) is 6.07 Å². The Morgan fingerprint density at radius 2 is 1.87 bits per heavy atom. The number of rotatable bonds is 5. The number of ether oxygens (including phenoxy) is 1. The monoisotopic (exact) mass is 405 g/mol. The van der Waals surface area contributed by atoms with Crippen molar-refractivity contribution in [1.29, 1.82) is 0 Å². The van der Waals surface area contributed by atoms with Crippen LogP contribution in [0.2, 0.25) is 0 Å². The SMILES string of the molecule is COCCn1cnc2cc(N3CCN(c4nnc5ccccn45)CC3)ccc2c1=O. The van der Waals surface area contributed by atoms with E-state index in [1.54, 1.807) is 18.0 Å². The van der Waals surface area contributed by atoms with E-state index in [2.05, 4.69) is 25.0 Å². The molecule has 0 bridgehead atoms. The smallest absolute Gasteiger partial charge is 0.261 e. The summed E-state index contributed by atoms with van der Waals surface area (Å²) in [6.07, 6.45) is 3.59. The van der Waals surface area contributed by atoms with Gasteiger partial charge in [0.15, 0.2) is 5.65 Å². The maximum Gasteiger partial charge on any atom is 0.261 e. The molecular weight excluding hydrogens is 382 g/mol. The lowest BCUT2D eigenvalue weighted by Gasteiger charge is -2.36. The molecule has 5 rings (SSSR count). The summed E-state index contributed by atoms with van der Waals surface area (Å²) in [7, 11) is 1.62. The second-order valence-electron chi connectivity index (χ2n) is 7.34. The van der Waals surface area contributed by atoms with E-state index in [0.29, 0.717) is 18.5 Å². The molecule has 154 valence electrons. The number of hydrogen-bond donors (Lipinski definition) is 0. The van der Waals surface area contributed by atoms with Gasteiger partial charge in [0.25, 0.3) is 5.56 Å². The minimum Gasteiger partial charge on any atom is -0.383 e. The van der Waals surface area contributed by atoms with Crippen molar-refractivity contribution in [3.63, 3.8) is 0 Å². The highest BCUT2D eigenvalue weighted by Gasteiger charge is 2.21. The van der Waals surface area contributed by atoms with Crippen LogP contribution in [-0.4, -0.2) is 64.0 Å². The molecule has 1 saturated heterocycles. The molecule has 0 aliphatic carbocycles. The Bertz CT molecular complexity index is 1240. The van der Waals surface area contributed by atoms with Crippen molar-refractivity contribution in [1.82, 2.24) is 24.1 Å². The topological polar surface area (TPSA) is 80.8 Å². The number of nitrogens with zero attached hydrogens (tertiary/aromatic N) is 7. The lowest BCUT2D eigenvalue weighted by Crippen LogP contribution is -2.47. The van der Waals surface area contributed by atoms with Gasteiger partial charge in [-0.2, -0.15) is 0 Å². The van der Waals surface area contributed by atoms with Crippen LogP contribution in [0.15, 0.2) is 53.7 Å². The van der Waals surface area contributed by atoms with Gasteiger partial charge < -0.3 is 14.5 Å². The molecule has 1 aromatic carbocycles. The van der Waals surface area contributed by atoms with Crippen molar-refractivity contribution in [3.8, 4) is 0 Å². The lowest BCUT2D eigenvalue weighted by molar-refractivity contribution is 0.186. The van der Waals surface area contributed by atoms with Gasteiger partial charge in [-0.15, -0.1) is 10.2 Å². The van der Waals surface area contributed by atoms with Gasteiger partial charge in [0.2, 0.25) is 5.95 Å². The van der Waals surface area contributed by atoms with E-state index in [9.17, 15) is 4.79 Å². The number of methoxy groups -OCH3 is 1. The Kier molecular flexibility index (Phi) is 4.80. The van der Waals surface area contributed by atoms with Gasteiger partial charge in [-0.3, -0.25) is 13.8 Å². The fraction of sp³-hybridized carbons (Fsp3) is 0.333. The van der Waals surface area contributed by atoms with Crippen LogP contribution in [0.3, 0.4) is 0 Å². The molecule has 4 heterocycles. The zero-order chi connectivity index (χ0) is 20.5. The van der Waals surface area contributed by atoms with Crippen LogP contribution < -0.4 is 15.4 Å². The molecule has 0 N–H and O–H groups in total. The van der Waals surface area contributed by atoms with E-state index in [-0.39, 0.29) is 5.56 Å². The van der Waals surface area contributed by atoms with Gasteiger partial charge in [0.1, 0.15) is 0 Å². The summed E-state index contributed by atoms with van der Waals surface area (Å²) in [4.78, 5) is 21.7. The van der Waals surface area contributed by atoms with Crippen molar-refractivity contribution in [2.45, 2.75) is 6.54 Å². The van der Waals surface area contributed by atoms with E-state index in [1.165, 1.54) is 0 Å². The van der Waals surface area contributed by atoms with Gasteiger partial charge in [0.05, 0.1) is 30.4 Å². The first-order valence-corrected chi connectivity index (χ1v) is 10.0. The Morgan fingerprint density at radius 1 is 1.03 bits per heavy atom. The predicted molar refractivity (Wildman–Crippen MR) is 115 cm³/mol. The molecule has 0 saturated carbocycles. The molecule has 30 heavy (non-hydrogen) atoms.